The molecule has 0 fully saturated rings. The van der Waals surface area contributed by atoms with Gasteiger partial charge in [0.25, 0.3) is 0 Å². The van der Waals surface area contributed by atoms with E-state index in [1.807, 2.05) is 0 Å². The second-order valence-corrected chi connectivity index (χ2v) is 7.83. The van der Waals surface area contributed by atoms with Crippen LogP contribution in [-0.2, 0) is 9.59 Å². The molecule has 0 aliphatic carbocycles. The van der Waals surface area contributed by atoms with Crippen molar-refractivity contribution in [2.45, 2.75) is 0 Å². The number of carbonyl (C=O) groups excluding carboxylic acids is 2. The summed E-state index contributed by atoms with van der Waals surface area (Å²) in [7, 11) is 0. The highest BCUT2D eigenvalue weighted by atomic mass is 35.5. The fraction of sp³-hybridized carbons (Fsp3) is 0.0909. The van der Waals surface area contributed by atoms with Crippen LogP contribution in [0.2, 0.25) is 20.1 Å². The Hall–Kier alpha value is -2.64. The lowest BCUT2D eigenvalue weighted by Crippen LogP contribution is -2.18. The molecule has 3 rings (SSSR count). The molecule has 6 nitrogen and oxygen atoms in total. The summed E-state index contributed by atoms with van der Waals surface area (Å²) in [6, 6.07) is 15.3. The summed E-state index contributed by atoms with van der Waals surface area (Å²) in [6.45, 7) is -0.680. The third kappa shape index (κ3) is 7.21. The smallest absolute Gasteiger partial charge is 0.349 e. The van der Waals surface area contributed by atoms with Gasteiger partial charge >= 0.3 is 11.9 Å². The monoisotopic (exact) mass is 514 g/mol. The molecule has 0 saturated carbocycles. The third-order valence-corrected chi connectivity index (χ3v) is 4.83. The normalized spacial score (nSPS) is 10.4. The Balaban J connectivity index is 1.44. The number of ether oxygens (including phenoxy) is 4. The van der Waals surface area contributed by atoms with E-state index < -0.39 is 11.9 Å². The predicted molar refractivity (Wildman–Crippen MR) is 122 cm³/mol. The molecular formula is C22H14Cl4O6. The van der Waals surface area contributed by atoms with E-state index in [-0.39, 0.29) is 34.8 Å². The number of esters is 2. The van der Waals surface area contributed by atoms with Crippen LogP contribution in [-0.4, -0.2) is 25.2 Å². The fourth-order valence-electron chi connectivity index (χ4n) is 2.34. The number of halogens is 4. The van der Waals surface area contributed by atoms with E-state index >= 15 is 0 Å². The second kappa shape index (κ2) is 11.3. The summed E-state index contributed by atoms with van der Waals surface area (Å²) in [6.07, 6.45) is 0. The zero-order valence-corrected chi connectivity index (χ0v) is 19.2. The van der Waals surface area contributed by atoms with Gasteiger partial charge in [0.1, 0.15) is 23.0 Å². The molecule has 0 radical (unpaired) electrons. The molecule has 3 aromatic carbocycles. The van der Waals surface area contributed by atoms with Crippen molar-refractivity contribution in [3.8, 4) is 23.0 Å². The predicted octanol–water partition coefficient (Wildman–Crippen LogP) is 6.27. The molecule has 166 valence electrons. The maximum atomic E-state index is 11.9. The van der Waals surface area contributed by atoms with E-state index in [0.717, 1.165) is 0 Å². The maximum Gasteiger partial charge on any atom is 0.349 e. The Morgan fingerprint density at radius 1 is 0.594 bits per heavy atom. The molecule has 0 heterocycles. The summed E-state index contributed by atoms with van der Waals surface area (Å²) in [5.41, 5.74) is 0. The third-order valence-electron chi connectivity index (χ3n) is 3.77. The molecule has 0 aromatic heterocycles. The average Bonchev–Trinajstić information content (AvgIpc) is 2.75. The van der Waals surface area contributed by atoms with E-state index in [1.165, 1.54) is 24.3 Å². The summed E-state index contributed by atoms with van der Waals surface area (Å²) in [5, 5.41) is 1.28. The molecule has 0 bridgehead atoms. The van der Waals surface area contributed by atoms with Crippen LogP contribution < -0.4 is 18.9 Å². The lowest BCUT2D eigenvalue weighted by atomic mass is 10.3. The molecule has 0 amide bonds. The molecule has 0 N–H and O–H groups in total. The summed E-state index contributed by atoms with van der Waals surface area (Å²) < 4.78 is 21.0. The van der Waals surface area contributed by atoms with E-state index in [1.54, 1.807) is 36.4 Å². The van der Waals surface area contributed by atoms with Crippen LogP contribution in [0, 0.1) is 0 Å². The first kappa shape index (κ1) is 24.0. The maximum absolute atomic E-state index is 11.9. The van der Waals surface area contributed by atoms with Gasteiger partial charge in [0.15, 0.2) is 13.2 Å². The van der Waals surface area contributed by atoms with Gasteiger partial charge in [0, 0.05) is 10.0 Å². The molecule has 3 aromatic rings. The largest absolute Gasteiger partial charge is 0.482 e. The summed E-state index contributed by atoms with van der Waals surface area (Å²) in [4.78, 5) is 23.9. The fourth-order valence-corrected chi connectivity index (χ4v) is 3.23. The van der Waals surface area contributed by atoms with Gasteiger partial charge in [-0.25, -0.2) is 9.59 Å². The molecule has 0 atom stereocenters. The van der Waals surface area contributed by atoms with Gasteiger partial charge in [0.05, 0.1) is 10.0 Å². The number of rotatable bonds is 8. The standard InChI is InChI=1S/C22H14Cl4O6/c23-13-1-7-19(17(25)9-13)31-21(27)11-29-15-3-5-16(6-4-15)30-12-22(28)32-20-8-2-14(24)10-18(20)26/h1-10H,11-12H2. The van der Waals surface area contributed by atoms with Crippen molar-refractivity contribution in [1.82, 2.24) is 0 Å². The van der Waals surface area contributed by atoms with Crippen molar-refractivity contribution in [3.05, 3.63) is 80.8 Å². The number of hydrogen-bond donors (Lipinski definition) is 0. The van der Waals surface area contributed by atoms with Crippen molar-refractivity contribution >= 4 is 58.3 Å². The molecule has 0 spiro atoms. The summed E-state index contributed by atoms with van der Waals surface area (Å²) in [5.74, 6) is -0.129. The second-order valence-electron chi connectivity index (χ2n) is 6.15. The van der Waals surface area contributed by atoms with Gasteiger partial charge in [-0.15, -0.1) is 0 Å². The van der Waals surface area contributed by atoms with Gasteiger partial charge in [0.2, 0.25) is 0 Å². The highest BCUT2D eigenvalue weighted by Gasteiger charge is 2.12. The topological polar surface area (TPSA) is 71.1 Å². The van der Waals surface area contributed by atoms with Crippen LogP contribution in [0.25, 0.3) is 0 Å². The van der Waals surface area contributed by atoms with E-state index in [9.17, 15) is 9.59 Å². The quantitative estimate of drug-likeness (QED) is 0.260. The van der Waals surface area contributed by atoms with Crippen molar-refractivity contribution in [2.24, 2.45) is 0 Å². The lowest BCUT2D eigenvalue weighted by molar-refractivity contribution is -0.137. The Kier molecular flexibility index (Phi) is 8.47. The van der Waals surface area contributed by atoms with Crippen molar-refractivity contribution in [3.63, 3.8) is 0 Å². The number of hydrogen-bond acceptors (Lipinski definition) is 6. The SMILES string of the molecule is O=C(COc1ccc(OCC(=O)Oc2ccc(Cl)cc2Cl)cc1)Oc1ccc(Cl)cc1Cl. The van der Waals surface area contributed by atoms with Gasteiger partial charge in [-0.05, 0) is 60.7 Å². The Labute approximate surface area is 203 Å². The highest BCUT2D eigenvalue weighted by Crippen LogP contribution is 2.28. The first-order valence-corrected chi connectivity index (χ1v) is 10.5. The molecule has 0 aliphatic rings. The minimum atomic E-state index is -0.641. The zero-order chi connectivity index (χ0) is 23.1. The minimum Gasteiger partial charge on any atom is -0.482 e. The van der Waals surface area contributed by atoms with Gasteiger partial charge < -0.3 is 18.9 Å². The average molecular weight is 516 g/mol. The Morgan fingerprint density at radius 2 is 0.969 bits per heavy atom. The first-order chi connectivity index (χ1) is 15.3. The Morgan fingerprint density at radius 3 is 1.31 bits per heavy atom. The van der Waals surface area contributed by atoms with Crippen molar-refractivity contribution < 1.29 is 28.5 Å². The molecule has 0 saturated heterocycles. The Bertz CT molecular complexity index is 1030. The number of carbonyl (C=O) groups is 2. The first-order valence-electron chi connectivity index (χ1n) is 8.97. The van der Waals surface area contributed by atoms with Crippen molar-refractivity contribution in [2.75, 3.05) is 13.2 Å². The molecule has 0 unspecified atom stereocenters. The van der Waals surface area contributed by atoms with Crippen LogP contribution in [0.1, 0.15) is 0 Å². The molecular weight excluding hydrogens is 502 g/mol. The van der Waals surface area contributed by atoms with Crippen molar-refractivity contribution in [1.29, 1.82) is 0 Å². The molecule has 10 heteroatoms. The van der Waals surface area contributed by atoms with Crippen LogP contribution in [0.15, 0.2) is 60.7 Å². The van der Waals surface area contributed by atoms with Crippen LogP contribution in [0.3, 0.4) is 0 Å². The molecule has 32 heavy (non-hydrogen) atoms. The van der Waals surface area contributed by atoms with E-state index in [2.05, 4.69) is 0 Å². The molecule has 0 aliphatic heterocycles. The van der Waals surface area contributed by atoms with Gasteiger partial charge in [-0.2, -0.15) is 0 Å². The summed E-state index contributed by atoms with van der Waals surface area (Å²) >= 11 is 23.5. The number of benzene rings is 3. The zero-order valence-electron chi connectivity index (χ0n) is 16.1. The van der Waals surface area contributed by atoms with E-state index in [4.69, 9.17) is 65.4 Å². The minimum absolute atomic E-state index is 0.181. The van der Waals surface area contributed by atoms with Crippen LogP contribution in [0.4, 0.5) is 0 Å². The van der Waals surface area contributed by atoms with Gasteiger partial charge in [-0.1, -0.05) is 46.4 Å². The van der Waals surface area contributed by atoms with Crippen LogP contribution >= 0.6 is 46.4 Å². The van der Waals surface area contributed by atoms with Gasteiger partial charge in [-0.3, -0.25) is 0 Å². The lowest BCUT2D eigenvalue weighted by Gasteiger charge is -2.10. The highest BCUT2D eigenvalue weighted by molar-refractivity contribution is 6.36. The van der Waals surface area contributed by atoms with Crippen LogP contribution in [0.5, 0.6) is 23.0 Å². The van der Waals surface area contributed by atoms with E-state index in [0.29, 0.717) is 21.5 Å².